The maximum absolute atomic E-state index is 12.8. The van der Waals surface area contributed by atoms with Crippen molar-refractivity contribution in [2.45, 2.75) is 11.9 Å². The van der Waals surface area contributed by atoms with Crippen LogP contribution in [0.15, 0.2) is 24.3 Å². The van der Waals surface area contributed by atoms with Gasteiger partial charge in [0.1, 0.15) is 5.40 Å². The van der Waals surface area contributed by atoms with E-state index in [-0.39, 0.29) is 22.0 Å². The fourth-order valence-electron chi connectivity index (χ4n) is 1.85. The molecule has 0 amide bonds. The zero-order valence-electron chi connectivity index (χ0n) is 10.7. The van der Waals surface area contributed by atoms with Crippen molar-refractivity contribution < 1.29 is 23.4 Å². The van der Waals surface area contributed by atoms with E-state index >= 15 is 0 Å². The summed E-state index contributed by atoms with van der Waals surface area (Å²) in [5.41, 5.74) is -0.968. The number of alkyl halides is 3. The number of nitriles is 1. The van der Waals surface area contributed by atoms with Crippen molar-refractivity contribution in [2.24, 2.45) is 0 Å². The molecule has 0 bridgehead atoms. The highest BCUT2D eigenvalue weighted by Gasteiger charge is 2.31. The molecule has 0 radical (unpaired) electrons. The lowest BCUT2D eigenvalue weighted by Gasteiger charge is -2.13. The monoisotopic (exact) mass is 348 g/mol. The first-order valence-corrected chi connectivity index (χ1v) is 7.12. The first-order chi connectivity index (χ1) is 10.3. The molecule has 0 saturated heterocycles. The summed E-state index contributed by atoms with van der Waals surface area (Å²) in [6, 6.07) is 3.72. The molecule has 0 spiro atoms. The Hall–Kier alpha value is -1.98. The molecule has 1 aromatic carbocycles. The van der Waals surface area contributed by atoms with Crippen LogP contribution < -0.4 is 0 Å². The van der Waals surface area contributed by atoms with Crippen LogP contribution in [0.5, 0.6) is 11.8 Å². The molecule has 22 heavy (non-hydrogen) atoms. The number of nitrogens with zero attached hydrogens (tertiary/aromatic N) is 2. The third-order valence-corrected chi connectivity index (χ3v) is 3.74. The van der Waals surface area contributed by atoms with E-state index in [9.17, 15) is 23.4 Å². The fourth-order valence-corrected chi connectivity index (χ4v) is 2.49. The average Bonchev–Trinajstić information content (AvgIpc) is 2.71. The minimum Gasteiger partial charge on any atom is -0.494 e. The van der Waals surface area contributed by atoms with Crippen LogP contribution >= 0.6 is 23.4 Å². The van der Waals surface area contributed by atoms with E-state index in [1.54, 1.807) is 5.40 Å². The Morgan fingerprint density at radius 3 is 2.55 bits per heavy atom. The predicted octanol–water partition coefficient (Wildman–Crippen LogP) is 4.27. The van der Waals surface area contributed by atoms with Crippen molar-refractivity contribution >= 4 is 23.4 Å². The van der Waals surface area contributed by atoms with E-state index < -0.39 is 23.5 Å². The zero-order chi connectivity index (χ0) is 16.5. The molecule has 0 atom stereocenters. The molecule has 1 heterocycles. The summed E-state index contributed by atoms with van der Waals surface area (Å²) < 4.78 is 39.1. The van der Waals surface area contributed by atoms with E-state index in [4.69, 9.17) is 16.9 Å². The van der Waals surface area contributed by atoms with E-state index in [0.29, 0.717) is 0 Å². The Morgan fingerprint density at radius 1 is 1.27 bits per heavy atom. The molecule has 2 rings (SSSR count). The molecule has 9 heteroatoms. The fraction of sp³-hybridized carbons (Fsp3) is 0.154. The second kappa shape index (κ2) is 6.02. The van der Waals surface area contributed by atoms with Crippen molar-refractivity contribution in [2.75, 3.05) is 0 Å². The summed E-state index contributed by atoms with van der Waals surface area (Å²) in [6.45, 7) is 0. The standard InChI is InChI=1S/C13H8ClF3N2O2S/c14-9-2-1-8(13(15,16)17)4-10(9)19-11(20)3-7(12(19)21)5-22-6-18/h1-4,20-21H,5H2. The lowest BCUT2D eigenvalue weighted by molar-refractivity contribution is -0.137. The number of hydrogen-bond donors (Lipinski definition) is 2. The Kier molecular flexibility index (Phi) is 4.49. The second-order valence-corrected chi connectivity index (χ2v) is 5.40. The van der Waals surface area contributed by atoms with Crippen LogP contribution in [0, 0.1) is 10.7 Å². The van der Waals surface area contributed by atoms with Crippen LogP contribution in [0.4, 0.5) is 13.2 Å². The minimum atomic E-state index is -4.59. The van der Waals surface area contributed by atoms with Gasteiger partial charge in [0.05, 0.1) is 16.3 Å². The van der Waals surface area contributed by atoms with Gasteiger partial charge in [-0.15, -0.1) is 0 Å². The van der Waals surface area contributed by atoms with Gasteiger partial charge in [0.15, 0.2) is 5.88 Å². The molecule has 0 aliphatic heterocycles. The molecular formula is C13H8ClF3N2O2S. The number of rotatable bonds is 3. The van der Waals surface area contributed by atoms with Crippen LogP contribution in [0.1, 0.15) is 11.1 Å². The molecule has 0 saturated carbocycles. The van der Waals surface area contributed by atoms with E-state index in [1.165, 1.54) is 0 Å². The number of aromatic nitrogens is 1. The molecule has 0 unspecified atom stereocenters. The van der Waals surface area contributed by atoms with Gasteiger partial charge in [-0.05, 0) is 30.0 Å². The SMILES string of the molecule is N#CSCc1cc(O)n(-c2cc(C(F)(F)F)ccc2Cl)c1O. The topological polar surface area (TPSA) is 69.2 Å². The van der Waals surface area contributed by atoms with Crippen molar-refractivity contribution in [1.29, 1.82) is 5.26 Å². The normalized spacial score (nSPS) is 11.4. The molecule has 4 nitrogen and oxygen atoms in total. The molecule has 0 aliphatic rings. The van der Waals surface area contributed by atoms with Crippen LogP contribution in [0.2, 0.25) is 5.02 Å². The van der Waals surface area contributed by atoms with Gasteiger partial charge in [0.25, 0.3) is 0 Å². The lowest BCUT2D eigenvalue weighted by atomic mass is 10.2. The Balaban J connectivity index is 2.57. The number of halogens is 4. The first kappa shape index (κ1) is 16.4. The predicted molar refractivity (Wildman–Crippen MR) is 76.0 cm³/mol. The molecule has 1 aromatic heterocycles. The highest BCUT2D eigenvalue weighted by Crippen LogP contribution is 2.39. The van der Waals surface area contributed by atoms with E-state index in [0.717, 1.165) is 40.6 Å². The van der Waals surface area contributed by atoms with Gasteiger partial charge in [-0.2, -0.15) is 18.4 Å². The molecule has 0 aliphatic carbocycles. The molecule has 2 aromatic rings. The highest BCUT2D eigenvalue weighted by atomic mass is 35.5. The summed E-state index contributed by atoms with van der Waals surface area (Å²) >= 11 is 6.68. The van der Waals surface area contributed by atoms with E-state index in [2.05, 4.69) is 0 Å². The lowest BCUT2D eigenvalue weighted by Crippen LogP contribution is -2.06. The number of benzene rings is 1. The minimum absolute atomic E-state index is 0.0689. The van der Waals surface area contributed by atoms with Gasteiger partial charge < -0.3 is 10.2 Å². The number of aromatic hydroxyl groups is 2. The largest absolute Gasteiger partial charge is 0.494 e. The van der Waals surface area contributed by atoms with Gasteiger partial charge in [-0.1, -0.05) is 11.6 Å². The molecule has 2 N–H and O–H groups in total. The van der Waals surface area contributed by atoms with Gasteiger partial charge in [0, 0.05) is 17.4 Å². The van der Waals surface area contributed by atoms with Crippen LogP contribution in [-0.4, -0.2) is 14.8 Å². The van der Waals surface area contributed by atoms with E-state index in [1.807, 2.05) is 0 Å². The van der Waals surface area contributed by atoms with Gasteiger partial charge in [-0.25, -0.2) is 4.57 Å². The Morgan fingerprint density at radius 2 is 1.95 bits per heavy atom. The number of thiocyanates is 1. The third kappa shape index (κ3) is 3.10. The summed E-state index contributed by atoms with van der Waals surface area (Å²) in [5, 5.41) is 30.1. The van der Waals surface area contributed by atoms with Gasteiger partial charge >= 0.3 is 6.18 Å². The third-order valence-electron chi connectivity index (χ3n) is 2.84. The smallest absolute Gasteiger partial charge is 0.416 e. The maximum Gasteiger partial charge on any atom is 0.416 e. The van der Waals surface area contributed by atoms with Crippen LogP contribution in [0.25, 0.3) is 5.69 Å². The summed E-state index contributed by atoms with van der Waals surface area (Å²) in [4.78, 5) is 0. The second-order valence-electron chi connectivity index (χ2n) is 4.23. The van der Waals surface area contributed by atoms with Crippen LogP contribution in [0.3, 0.4) is 0 Å². The summed E-state index contributed by atoms with van der Waals surface area (Å²) in [7, 11) is 0. The van der Waals surface area contributed by atoms with Gasteiger partial charge in [-0.3, -0.25) is 0 Å². The van der Waals surface area contributed by atoms with Crippen molar-refractivity contribution in [1.82, 2.24) is 4.57 Å². The highest BCUT2D eigenvalue weighted by molar-refractivity contribution is 8.02. The maximum atomic E-state index is 12.8. The van der Waals surface area contributed by atoms with Gasteiger partial charge in [0.2, 0.25) is 5.88 Å². The Bertz CT molecular complexity index is 753. The average molecular weight is 349 g/mol. The van der Waals surface area contributed by atoms with Crippen molar-refractivity contribution in [3.63, 3.8) is 0 Å². The molecular weight excluding hydrogens is 341 g/mol. The Labute approximate surface area is 132 Å². The summed E-state index contributed by atoms with van der Waals surface area (Å²) in [6.07, 6.45) is -4.59. The first-order valence-electron chi connectivity index (χ1n) is 5.76. The number of thioether (sulfide) groups is 1. The molecule has 116 valence electrons. The molecule has 0 fully saturated rings. The zero-order valence-corrected chi connectivity index (χ0v) is 12.3. The van der Waals surface area contributed by atoms with Crippen molar-refractivity contribution in [3.8, 4) is 22.8 Å². The van der Waals surface area contributed by atoms with Crippen LogP contribution in [-0.2, 0) is 11.9 Å². The number of hydrogen-bond acceptors (Lipinski definition) is 4. The quantitative estimate of drug-likeness (QED) is 0.812. The summed E-state index contributed by atoms with van der Waals surface area (Å²) in [5.74, 6) is -0.881. The van der Waals surface area contributed by atoms with Crippen molar-refractivity contribution in [3.05, 3.63) is 40.4 Å².